The van der Waals surface area contributed by atoms with Gasteiger partial charge in [-0.15, -0.1) is 0 Å². The minimum absolute atomic E-state index is 0.0557. The molecule has 0 aliphatic carbocycles. The molecule has 0 saturated carbocycles. The zero-order valence-electron chi connectivity index (χ0n) is 14.6. The number of carboxylic acids is 1. The lowest BCUT2D eigenvalue weighted by Gasteiger charge is -2.14. The van der Waals surface area contributed by atoms with Gasteiger partial charge < -0.3 is 15.7 Å². The zero-order valence-corrected chi connectivity index (χ0v) is 14.6. The number of hydrogen-bond acceptors (Lipinski definition) is 3. The average molecular weight is 334 g/mol. The second-order valence-electron chi connectivity index (χ2n) is 6.60. The maximum Gasteiger partial charge on any atom is 0.325 e. The van der Waals surface area contributed by atoms with Gasteiger partial charge in [-0.1, -0.05) is 20.8 Å². The molecule has 0 spiro atoms. The maximum atomic E-state index is 12.0. The van der Waals surface area contributed by atoms with Crippen LogP contribution in [0.25, 0.3) is 0 Å². The first kappa shape index (κ1) is 19.7. The van der Waals surface area contributed by atoms with Crippen molar-refractivity contribution >= 4 is 23.5 Å². The van der Waals surface area contributed by atoms with Gasteiger partial charge in [0.1, 0.15) is 6.04 Å². The van der Waals surface area contributed by atoms with Crippen LogP contribution in [0.3, 0.4) is 0 Å². The Bertz CT molecular complexity index is 581. The summed E-state index contributed by atoms with van der Waals surface area (Å²) in [7, 11) is 0. The third-order valence-corrected chi connectivity index (χ3v) is 3.56. The van der Waals surface area contributed by atoms with Crippen LogP contribution in [0.15, 0.2) is 24.3 Å². The normalized spacial score (nSPS) is 13.2. The molecule has 6 heteroatoms. The number of benzene rings is 1. The van der Waals surface area contributed by atoms with E-state index in [1.54, 1.807) is 24.3 Å². The molecule has 0 saturated heterocycles. The van der Waals surface area contributed by atoms with Gasteiger partial charge in [-0.25, -0.2) is 0 Å². The molecule has 0 radical (unpaired) electrons. The average Bonchev–Trinajstić information content (AvgIpc) is 2.46. The Hall–Kier alpha value is -2.37. The Labute approximate surface area is 142 Å². The van der Waals surface area contributed by atoms with Crippen LogP contribution in [0, 0.1) is 11.8 Å². The molecule has 2 atom stereocenters. The van der Waals surface area contributed by atoms with Crippen LogP contribution in [0.2, 0.25) is 0 Å². The molecule has 2 unspecified atom stereocenters. The molecule has 0 aliphatic rings. The van der Waals surface area contributed by atoms with Crippen molar-refractivity contribution in [3.8, 4) is 0 Å². The van der Waals surface area contributed by atoms with Crippen LogP contribution in [0.5, 0.6) is 0 Å². The van der Waals surface area contributed by atoms with Crippen LogP contribution in [0.1, 0.15) is 50.9 Å². The van der Waals surface area contributed by atoms with Gasteiger partial charge in [-0.2, -0.15) is 0 Å². The summed E-state index contributed by atoms with van der Waals surface area (Å²) in [6, 6.07) is 5.41. The molecule has 0 aromatic heterocycles. The minimum atomic E-state index is -1.09. The monoisotopic (exact) mass is 334 g/mol. The number of carbonyl (C=O) groups excluding carboxylic acids is 2. The number of anilines is 1. The fraction of sp³-hybridized carbons (Fsp3) is 0.500. The van der Waals surface area contributed by atoms with Crippen LogP contribution >= 0.6 is 0 Å². The molecule has 6 nitrogen and oxygen atoms in total. The van der Waals surface area contributed by atoms with E-state index in [1.165, 1.54) is 6.92 Å². The first-order valence-corrected chi connectivity index (χ1v) is 8.12. The lowest BCUT2D eigenvalue weighted by Crippen LogP contribution is -2.38. The van der Waals surface area contributed by atoms with Crippen molar-refractivity contribution in [2.45, 2.75) is 46.6 Å². The quantitative estimate of drug-likeness (QED) is 0.681. The van der Waals surface area contributed by atoms with Gasteiger partial charge in [0, 0.05) is 17.7 Å². The first-order chi connectivity index (χ1) is 11.2. The molecular weight excluding hydrogens is 308 g/mol. The van der Waals surface area contributed by atoms with E-state index in [0.717, 1.165) is 6.42 Å². The maximum absolute atomic E-state index is 12.0. The van der Waals surface area contributed by atoms with Crippen LogP contribution in [-0.4, -0.2) is 28.9 Å². The predicted molar refractivity (Wildman–Crippen MR) is 92.9 cm³/mol. The van der Waals surface area contributed by atoms with Gasteiger partial charge in [-0.05, 0) is 49.4 Å². The van der Waals surface area contributed by atoms with E-state index in [9.17, 15) is 14.4 Å². The summed E-state index contributed by atoms with van der Waals surface area (Å²) in [5.41, 5.74) is 0.953. The second-order valence-corrected chi connectivity index (χ2v) is 6.60. The topological polar surface area (TPSA) is 95.5 Å². The van der Waals surface area contributed by atoms with E-state index in [1.807, 2.05) is 0 Å². The highest BCUT2D eigenvalue weighted by Crippen LogP contribution is 2.16. The van der Waals surface area contributed by atoms with E-state index in [4.69, 9.17) is 5.11 Å². The molecule has 1 rings (SSSR count). The summed E-state index contributed by atoms with van der Waals surface area (Å²) in [5, 5.41) is 14.0. The molecule has 132 valence electrons. The Morgan fingerprint density at radius 1 is 1.04 bits per heavy atom. The molecule has 0 heterocycles. The summed E-state index contributed by atoms with van der Waals surface area (Å²) < 4.78 is 0. The van der Waals surface area contributed by atoms with Gasteiger partial charge in [0.05, 0.1) is 0 Å². The van der Waals surface area contributed by atoms with Crippen molar-refractivity contribution in [3.05, 3.63) is 29.8 Å². The van der Waals surface area contributed by atoms with Crippen LogP contribution < -0.4 is 10.6 Å². The highest BCUT2D eigenvalue weighted by Gasteiger charge is 2.15. The van der Waals surface area contributed by atoms with E-state index in [-0.39, 0.29) is 5.91 Å². The predicted octanol–water partition coefficient (Wildman–Crippen LogP) is 2.90. The van der Waals surface area contributed by atoms with E-state index >= 15 is 0 Å². The van der Waals surface area contributed by atoms with Crippen molar-refractivity contribution < 1.29 is 19.5 Å². The Kier molecular flexibility index (Phi) is 7.42. The van der Waals surface area contributed by atoms with Crippen molar-refractivity contribution in [1.82, 2.24) is 5.32 Å². The molecule has 2 amide bonds. The van der Waals surface area contributed by atoms with Gasteiger partial charge in [0.25, 0.3) is 5.91 Å². The molecule has 0 fully saturated rings. The molecule has 1 aromatic rings. The smallest absolute Gasteiger partial charge is 0.325 e. The van der Waals surface area contributed by atoms with Crippen molar-refractivity contribution in [1.29, 1.82) is 0 Å². The van der Waals surface area contributed by atoms with Crippen LogP contribution in [-0.2, 0) is 9.59 Å². The number of nitrogens with one attached hydrogen (secondary N) is 2. The van der Waals surface area contributed by atoms with E-state index in [2.05, 4.69) is 31.4 Å². The minimum Gasteiger partial charge on any atom is -0.480 e. The highest BCUT2D eigenvalue weighted by atomic mass is 16.4. The molecular formula is C18H26N2O4. The summed E-state index contributed by atoms with van der Waals surface area (Å²) >= 11 is 0. The number of carbonyl (C=O) groups is 3. The summed E-state index contributed by atoms with van der Waals surface area (Å²) in [6.45, 7) is 7.70. The Morgan fingerprint density at radius 2 is 1.62 bits per heavy atom. The Balaban J connectivity index is 2.56. The fourth-order valence-corrected chi connectivity index (χ4v) is 2.46. The third kappa shape index (κ3) is 6.81. The third-order valence-electron chi connectivity index (χ3n) is 3.56. The number of carboxylic acid groups (broad SMARTS) is 1. The lowest BCUT2D eigenvalue weighted by molar-refractivity contribution is -0.138. The summed E-state index contributed by atoms with van der Waals surface area (Å²) in [4.78, 5) is 34.6. The van der Waals surface area contributed by atoms with Gasteiger partial charge in [-0.3, -0.25) is 14.4 Å². The molecule has 3 N–H and O–H groups in total. The fourth-order valence-electron chi connectivity index (χ4n) is 2.46. The van der Waals surface area contributed by atoms with Crippen LogP contribution in [0.4, 0.5) is 5.69 Å². The van der Waals surface area contributed by atoms with Crippen molar-refractivity contribution in [2.24, 2.45) is 11.8 Å². The summed E-state index contributed by atoms with van der Waals surface area (Å²) in [6.07, 6.45) is 1.45. The van der Waals surface area contributed by atoms with Crippen molar-refractivity contribution in [3.63, 3.8) is 0 Å². The largest absolute Gasteiger partial charge is 0.480 e. The zero-order chi connectivity index (χ0) is 18.3. The number of amides is 2. The number of hydrogen-bond donors (Lipinski definition) is 3. The SMILES string of the molecule is CC(C)CC(C)CC(=O)Nc1ccc(C(=O)NC(C)C(=O)O)cc1. The molecule has 0 bridgehead atoms. The first-order valence-electron chi connectivity index (χ1n) is 8.12. The second kappa shape index (κ2) is 9.05. The molecule has 0 aliphatic heterocycles. The van der Waals surface area contributed by atoms with Crippen molar-refractivity contribution in [2.75, 3.05) is 5.32 Å². The lowest BCUT2D eigenvalue weighted by atomic mass is 9.96. The summed E-state index contributed by atoms with van der Waals surface area (Å²) in [5.74, 6) is -0.748. The highest BCUT2D eigenvalue weighted by molar-refractivity contribution is 5.97. The van der Waals surface area contributed by atoms with Gasteiger partial charge in [0.15, 0.2) is 0 Å². The van der Waals surface area contributed by atoms with E-state index < -0.39 is 17.9 Å². The number of aliphatic carboxylic acids is 1. The Morgan fingerprint density at radius 3 is 2.12 bits per heavy atom. The van der Waals surface area contributed by atoms with Gasteiger partial charge in [0.2, 0.25) is 5.91 Å². The standard InChI is InChI=1S/C18H26N2O4/c1-11(2)9-12(3)10-16(21)20-15-7-5-14(6-8-15)17(22)19-13(4)18(23)24/h5-8,11-13H,9-10H2,1-4H3,(H,19,22)(H,20,21)(H,23,24). The molecule has 1 aromatic carbocycles. The van der Waals surface area contributed by atoms with Gasteiger partial charge >= 0.3 is 5.97 Å². The number of rotatable bonds is 8. The molecule has 24 heavy (non-hydrogen) atoms. The van der Waals surface area contributed by atoms with E-state index in [0.29, 0.717) is 29.5 Å².